The van der Waals surface area contributed by atoms with Crippen molar-refractivity contribution in [1.82, 2.24) is 9.55 Å². The number of fused-ring (bicyclic) bond motifs is 1. The first kappa shape index (κ1) is 15.3. The molecule has 3 aromatic rings. The van der Waals surface area contributed by atoms with Gasteiger partial charge in [0.15, 0.2) is 5.65 Å². The van der Waals surface area contributed by atoms with Crippen molar-refractivity contribution in [3.05, 3.63) is 63.5 Å². The molecule has 1 aromatic carbocycles. The SMILES string of the molecule is Cc1c(C)n(Cc2ccccc2)c2nc(C(F)(F)F)oc(=O)c12. The third kappa shape index (κ3) is 2.62. The maximum absolute atomic E-state index is 12.9. The molecule has 2 heterocycles. The first-order valence-electron chi connectivity index (χ1n) is 6.90. The topological polar surface area (TPSA) is 48.0 Å². The van der Waals surface area contributed by atoms with Crippen LogP contribution in [0.3, 0.4) is 0 Å². The molecule has 0 amide bonds. The van der Waals surface area contributed by atoms with Gasteiger partial charge in [0.05, 0.1) is 0 Å². The Hall–Kier alpha value is -2.57. The fraction of sp³-hybridized carbons (Fsp3) is 0.250. The van der Waals surface area contributed by atoms with Crippen molar-refractivity contribution in [3.63, 3.8) is 0 Å². The van der Waals surface area contributed by atoms with E-state index in [1.54, 1.807) is 18.4 Å². The standard InChI is InChI=1S/C16H13F3N2O2/c1-9-10(2)21(8-11-6-4-3-5-7-11)13-12(9)14(22)23-15(20-13)16(17,18)19/h3-7H,8H2,1-2H3. The minimum absolute atomic E-state index is 0.00701. The zero-order valence-corrected chi connectivity index (χ0v) is 12.4. The molecule has 0 bridgehead atoms. The van der Waals surface area contributed by atoms with Gasteiger partial charge in [-0.05, 0) is 25.0 Å². The summed E-state index contributed by atoms with van der Waals surface area (Å²) < 4.78 is 44.5. The van der Waals surface area contributed by atoms with Crippen molar-refractivity contribution >= 4 is 11.0 Å². The van der Waals surface area contributed by atoms with Crippen molar-refractivity contribution in [2.24, 2.45) is 0 Å². The monoisotopic (exact) mass is 322 g/mol. The van der Waals surface area contributed by atoms with E-state index in [2.05, 4.69) is 9.40 Å². The van der Waals surface area contributed by atoms with Crippen molar-refractivity contribution in [2.45, 2.75) is 26.6 Å². The van der Waals surface area contributed by atoms with Gasteiger partial charge in [-0.3, -0.25) is 0 Å². The van der Waals surface area contributed by atoms with Crippen molar-refractivity contribution < 1.29 is 17.6 Å². The molecule has 3 rings (SSSR count). The van der Waals surface area contributed by atoms with Gasteiger partial charge >= 0.3 is 17.7 Å². The average Bonchev–Trinajstić information content (AvgIpc) is 2.73. The molecule has 0 saturated carbocycles. The molecular weight excluding hydrogens is 309 g/mol. The Balaban J connectivity index is 2.27. The Bertz CT molecular complexity index is 924. The molecule has 4 nitrogen and oxygen atoms in total. The fourth-order valence-corrected chi connectivity index (χ4v) is 2.54. The minimum atomic E-state index is -4.81. The van der Waals surface area contributed by atoms with E-state index in [1.807, 2.05) is 30.3 Å². The summed E-state index contributed by atoms with van der Waals surface area (Å²) >= 11 is 0. The van der Waals surface area contributed by atoms with Gasteiger partial charge in [0.1, 0.15) is 5.39 Å². The second-order valence-electron chi connectivity index (χ2n) is 5.28. The Morgan fingerprint density at radius 3 is 2.43 bits per heavy atom. The number of halogens is 3. The van der Waals surface area contributed by atoms with Gasteiger partial charge in [0, 0.05) is 12.2 Å². The predicted octanol–water partition coefficient (Wildman–Crippen LogP) is 3.67. The summed E-state index contributed by atoms with van der Waals surface area (Å²) in [6.07, 6.45) is -4.81. The van der Waals surface area contributed by atoms with E-state index in [9.17, 15) is 18.0 Å². The van der Waals surface area contributed by atoms with Gasteiger partial charge in [0.2, 0.25) is 0 Å². The summed E-state index contributed by atoms with van der Waals surface area (Å²) in [5.74, 6) is -1.53. The van der Waals surface area contributed by atoms with Gasteiger partial charge in [-0.2, -0.15) is 18.2 Å². The van der Waals surface area contributed by atoms with Gasteiger partial charge < -0.3 is 8.98 Å². The normalized spacial score (nSPS) is 12.0. The highest BCUT2D eigenvalue weighted by Gasteiger charge is 2.38. The molecule has 0 spiro atoms. The molecular formula is C16H13F3N2O2. The molecule has 23 heavy (non-hydrogen) atoms. The summed E-state index contributed by atoms with van der Waals surface area (Å²) in [6.45, 7) is 3.74. The highest BCUT2D eigenvalue weighted by Crippen LogP contribution is 2.29. The Labute approximate surface area is 129 Å². The fourth-order valence-electron chi connectivity index (χ4n) is 2.54. The van der Waals surface area contributed by atoms with Gasteiger partial charge in [0.25, 0.3) is 0 Å². The molecule has 0 aliphatic heterocycles. The third-order valence-electron chi connectivity index (χ3n) is 3.83. The number of alkyl halides is 3. The zero-order valence-electron chi connectivity index (χ0n) is 12.4. The molecule has 0 radical (unpaired) electrons. The molecule has 120 valence electrons. The predicted molar refractivity (Wildman–Crippen MR) is 78.3 cm³/mol. The van der Waals surface area contributed by atoms with E-state index in [0.29, 0.717) is 17.8 Å². The Kier molecular flexibility index (Phi) is 3.50. The van der Waals surface area contributed by atoms with Crippen molar-refractivity contribution in [1.29, 1.82) is 0 Å². The number of nitrogens with zero attached hydrogens (tertiary/aromatic N) is 2. The minimum Gasteiger partial charge on any atom is -0.398 e. The van der Waals surface area contributed by atoms with Crippen molar-refractivity contribution in [3.8, 4) is 0 Å². The lowest BCUT2D eigenvalue weighted by Gasteiger charge is -2.09. The summed E-state index contributed by atoms with van der Waals surface area (Å²) in [6, 6.07) is 9.25. The van der Waals surface area contributed by atoms with E-state index < -0.39 is 17.7 Å². The number of hydrogen-bond acceptors (Lipinski definition) is 3. The number of rotatable bonds is 2. The van der Waals surface area contributed by atoms with E-state index >= 15 is 0 Å². The van der Waals surface area contributed by atoms with E-state index in [0.717, 1.165) is 5.56 Å². The lowest BCUT2D eigenvalue weighted by molar-refractivity contribution is -0.158. The molecule has 0 unspecified atom stereocenters. The zero-order chi connectivity index (χ0) is 16.8. The molecule has 0 saturated heterocycles. The maximum atomic E-state index is 12.9. The maximum Gasteiger partial charge on any atom is 0.469 e. The van der Waals surface area contributed by atoms with Gasteiger partial charge in [-0.15, -0.1) is 0 Å². The van der Waals surface area contributed by atoms with E-state index in [-0.39, 0.29) is 11.0 Å². The average molecular weight is 322 g/mol. The molecule has 0 N–H and O–H groups in total. The largest absolute Gasteiger partial charge is 0.469 e. The van der Waals surface area contributed by atoms with Gasteiger partial charge in [-0.1, -0.05) is 30.3 Å². The van der Waals surface area contributed by atoms with E-state index in [1.165, 1.54) is 0 Å². The number of benzene rings is 1. The first-order valence-corrected chi connectivity index (χ1v) is 6.90. The van der Waals surface area contributed by atoms with Crippen LogP contribution in [-0.2, 0) is 12.7 Å². The van der Waals surface area contributed by atoms with Crippen LogP contribution in [0.15, 0.2) is 39.5 Å². The van der Waals surface area contributed by atoms with Crippen LogP contribution in [-0.4, -0.2) is 9.55 Å². The number of hydrogen-bond donors (Lipinski definition) is 0. The summed E-state index contributed by atoms with van der Waals surface area (Å²) in [5.41, 5.74) is 1.13. The van der Waals surface area contributed by atoms with Crippen LogP contribution in [0, 0.1) is 13.8 Å². The first-order chi connectivity index (χ1) is 10.8. The quantitative estimate of drug-likeness (QED) is 0.723. The van der Waals surface area contributed by atoms with Gasteiger partial charge in [-0.25, -0.2) is 4.79 Å². The second kappa shape index (κ2) is 5.26. The van der Waals surface area contributed by atoms with Crippen molar-refractivity contribution in [2.75, 3.05) is 0 Å². The number of aromatic nitrogens is 2. The lowest BCUT2D eigenvalue weighted by Crippen LogP contribution is -2.15. The van der Waals surface area contributed by atoms with Crippen LogP contribution in [0.5, 0.6) is 0 Å². The van der Waals surface area contributed by atoms with Crippen LogP contribution in [0.1, 0.15) is 22.7 Å². The molecule has 0 fully saturated rings. The molecule has 0 atom stereocenters. The van der Waals surface area contributed by atoms with Crippen LogP contribution in [0.4, 0.5) is 13.2 Å². The third-order valence-corrected chi connectivity index (χ3v) is 3.83. The lowest BCUT2D eigenvalue weighted by atomic mass is 10.2. The van der Waals surface area contributed by atoms with E-state index in [4.69, 9.17) is 0 Å². The summed E-state index contributed by atoms with van der Waals surface area (Å²) in [5, 5.41) is 0.0893. The molecule has 7 heteroatoms. The molecule has 0 aliphatic rings. The van der Waals surface area contributed by atoms with Crippen LogP contribution in [0.25, 0.3) is 11.0 Å². The Morgan fingerprint density at radius 1 is 1.17 bits per heavy atom. The van der Waals surface area contributed by atoms with Crippen LogP contribution >= 0.6 is 0 Å². The summed E-state index contributed by atoms with van der Waals surface area (Å²) in [4.78, 5) is 15.5. The van der Waals surface area contributed by atoms with Crippen LogP contribution in [0.2, 0.25) is 0 Å². The molecule has 0 aliphatic carbocycles. The highest BCUT2D eigenvalue weighted by molar-refractivity contribution is 5.80. The smallest absolute Gasteiger partial charge is 0.398 e. The summed E-state index contributed by atoms with van der Waals surface area (Å²) in [7, 11) is 0. The second-order valence-corrected chi connectivity index (χ2v) is 5.28. The van der Waals surface area contributed by atoms with Crippen LogP contribution < -0.4 is 5.63 Å². The highest BCUT2D eigenvalue weighted by atomic mass is 19.4. The molecule has 2 aromatic heterocycles. The number of aryl methyl sites for hydroxylation is 1. The Morgan fingerprint density at radius 2 is 1.83 bits per heavy atom.